The van der Waals surface area contributed by atoms with Crippen LogP contribution in [0.2, 0.25) is 0 Å². The van der Waals surface area contributed by atoms with Crippen LogP contribution in [0.3, 0.4) is 0 Å². The number of benzene rings is 10. The van der Waals surface area contributed by atoms with E-state index in [1.54, 1.807) is 33.5 Å². The van der Waals surface area contributed by atoms with Crippen LogP contribution < -0.4 is 37.9 Å². The molecule has 3 aliphatic carbocycles. The summed E-state index contributed by atoms with van der Waals surface area (Å²) in [6, 6.07) is 74.7. The van der Waals surface area contributed by atoms with Crippen LogP contribution in [0.1, 0.15) is 155 Å². The minimum absolute atomic E-state index is 0.0409. The Balaban J connectivity index is 0.000000152. The molecule has 0 amide bonds. The second-order valence-electron chi connectivity index (χ2n) is 28.1. The molecule has 0 bridgehead atoms. The molecule has 0 aromatic heterocycles. The molecule has 0 aliphatic heterocycles. The number of carbonyl (C=O) groups excluding carboxylic acids is 4. The minimum atomic E-state index is -3.61. The number of ether oxygens (including phenoxy) is 8. The van der Waals surface area contributed by atoms with Crippen molar-refractivity contribution in [1.82, 2.24) is 0 Å². The Bertz CT molecular complexity index is 4740. The predicted molar refractivity (Wildman–Crippen MR) is 410 cm³/mol. The van der Waals surface area contributed by atoms with Crippen molar-refractivity contribution in [3.05, 3.63) is 286 Å². The smallest absolute Gasteiger partial charge is 0.308 e. The molecule has 0 saturated heterocycles. The van der Waals surface area contributed by atoms with Gasteiger partial charge in [0.05, 0.1) is 43.6 Å². The topological polar surface area (TPSA) is 176 Å². The zero-order chi connectivity index (χ0) is 75.3. The normalized spacial score (nSPS) is 16.3. The molecule has 3 aliphatic rings. The summed E-state index contributed by atoms with van der Waals surface area (Å²) in [4.78, 5) is 45.1. The molecule has 2 atom stereocenters. The molecule has 0 spiro atoms. The molecule has 0 N–H and O–H groups in total. The number of rotatable bonds is 16. The van der Waals surface area contributed by atoms with E-state index in [4.69, 9.17) is 37.9 Å². The molecule has 10 aromatic carbocycles. The number of aryl methyl sites for hydroxylation is 2. The van der Waals surface area contributed by atoms with E-state index in [0.717, 1.165) is 59.6 Å². The van der Waals surface area contributed by atoms with Crippen LogP contribution in [0.4, 0.5) is 0 Å². The van der Waals surface area contributed by atoms with E-state index >= 15 is 0 Å². The van der Waals surface area contributed by atoms with Crippen LogP contribution in [-0.2, 0) is 45.3 Å². The van der Waals surface area contributed by atoms with Gasteiger partial charge in [0.1, 0.15) is 46.0 Å². The van der Waals surface area contributed by atoms with E-state index in [-0.39, 0.29) is 43.9 Å². The second kappa shape index (κ2) is 33.3. The Morgan fingerprint density at radius 3 is 1.06 bits per heavy atom. The van der Waals surface area contributed by atoms with Crippen molar-refractivity contribution in [1.29, 1.82) is 0 Å². The lowest BCUT2D eigenvalue weighted by Crippen LogP contribution is -2.41. The summed E-state index contributed by atoms with van der Waals surface area (Å²) in [6.07, 6.45) is 9.48. The predicted octanol–water partition coefficient (Wildman–Crippen LogP) is 19.7. The summed E-state index contributed by atoms with van der Waals surface area (Å²) >= 11 is 0. The summed E-state index contributed by atoms with van der Waals surface area (Å²) in [5.41, 5.74) is 14.3. The highest BCUT2D eigenvalue weighted by molar-refractivity contribution is 7.91. The fourth-order valence-corrected chi connectivity index (χ4v) is 17.2. The number of hydrogen-bond acceptors (Lipinski definition) is 14. The maximum absolute atomic E-state index is 12.4. The lowest BCUT2D eigenvalue weighted by atomic mass is 9.55. The van der Waals surface area contributed by atoms with Gasteiger partial charge in [-0.3, -0.25) is 19.2 Å². The van der Waals surface area contributed by atoms with Crippen LogP contribution in [0, 0.1) is 25.2 Å². The van der Waals surface area contributed by atoms with Crippen molar-refractivity contribution in [3.63, 3.8) is 0 Å². The zero-order valence-corrected chi connectivity index (χ0v) is 63.1. The van der Waals surface area contributed by atoms with E-state index in [0.29, 0.717) is 34.7 Å². The Morgan fingerprint density at radius 1 is 0.371 bits per heavy atom. The molecule has 105 heavy (non-hydrogen) atoms. The molecular weight excluding hydrogens is 1340 g/mol. The summed E-state index contributed by atoms with van der Waals surface area (Å²) in [7, 11) is 3.00. The maximum atomic E-state index is 12.4. The van der Waals surface area contributed by atoms with Gasteiger partial charge < -0.3 is 37.9 Å². The highest BCUT2D eigenvalue weighted by Gasteiger charge is 2.47. The first-order chi connectivity index (χ1) is 50.3. The summed E-state index contributed by atoms with van der Waals surface area (Å²) in [6.45, 7) is 16.7. The fraction of sp³-hybridized carbons (Fsp3) is 0.289. The van der Waals surface area contributed by atoms with Crippen molar-refractivity contribution in [2.45, 2.75) is 140 Å². The van der Waals surface area contributed by atoms with Gasteiger partial charge in [-0.15, -0.1) is 0 Å². The Kier molecular flexibility index (Phi) is 24.4. The van der Waals surface area contributed by atoms with Gasteiger partial charge in [-0.2, -0.15) is 0 Å². The average molecular weight is 1430 g/mol. The van der Waals surface area contributed by atoms with E-state index in [2.05, 4.69) is 167 Å². The van der Waals surface area contributed by atoms with Crippen LogP contribution in [0.5, 0.6) is 46.0 Å². The molecular formula is C90H94O14S. The van der Waals surface area contributed by atoms with E-state index in [1.807, 2.05) is 49.4 Å². The highest BCUT2D eigenvalue weighted by Crippen LogP contribution is 2.58. The lowest BCUT2D eigenvalue weighted by molar-refractivity contribution is -0.132. The van der Waals surface area contributed by atoms with Crippen molar-refractivity contribution >= 4 is 33.7 Å². The molecule has 13 rings (SSSR count). The van der Waals surface area contributed by atoms with Gasteiger partial charge in [-0.25, -0.2) is 8.42 Å². The van der Waals surface area contributed by atoms with Crippen molar-refractivity contribution in [2.75, 3.05) is 28.4 Å². The van der Waals surface area contributed by atoms with Crippen LogP contribution >= 0.6 is 0 Å². The quantitative estimate of drug-likeness (QED) is 0.0659. The SMILES string of the molecule is COc1ccc(C2(c3ccc(OC(C)=O)c(C)c3)c3ccccc3-c3ccccc32)cc1C.COc1ccc(C2(c3ccc(OC(C)=O)cc3)CC(C)CC(C)(C)C2)cc1.COc1ccc(C2(c3ccc(OC(C)=O)cc3)CCCCC2)cc1.COc1ccc(S(=O)(=O)c2ccc(OC(C)=O)cc2)cc1. The van der Waals surface area contributed by atoms with Crippen LogP contribution in [0.25, 0.3) is 11.1 Å². The third-order valence-corrected chi connectivity index (χ3v) is 21.9. The molecule has 15 heteroatoms. The Morgan fingerprint density at radius 2 is 0.705 bits per heavy atom. The van der Waals surface area contributed by atoms with E-state index < -0.39 is 21.2 Å². The van der Waals surface area contributed by atoms with Gasteiger partial charge in [0.25, 0.3) is 0 Å². The first-order valence-electron chi connectivity index (χ1n) is 35.5. The van der Waals surface area contributed by atoms with Crippen molar-refractivity contribution in [3.8, 4) is 57.1 Å². The lowest BCUT2D eigenvalue weighted by Gasteiger charge is -2.48. The molecule has 0 radical (unpaired) electrons. The largest absolute Gasteiger partial charge is 0.497 e. The number of sulfone groups is 1. The maximum Gasteiger partial charge on any atom is 0.308 e. The van der Waals surface area contributed by atoms with Crippen molar-refractivity contribution in [2.24, 2.45) is 11.3 Å². The Hall–Kier alpha value is -10.8. The molecule has 2 saturated carbocycles. The molecule has 2 fully saturated rings. The van der Waals surface area contributed by atoms with E-state index in [1.165, 1.54) is 147 Å². The third kappa shape index (κ3) is 17.4. The second-order valence-corrected chi connectivity index (χ2v) is 30.1. The number of carbonyl (C=O) groups is 4. The summed E-state index contributed by atoms with van der Waals surface area (Å²) in [5.74, 6) is 4.58. The van der Waals surface area contributed by atoms with Crippen LogP contribution in [0.15, 0.2) is 240 Å². The van der Waals surface area contributed by atoms with Crippen molar-refractivity contribution < 1.29 is 65.5 Å². The van der Waals surface area contributed by atoms with Gasteiger partial charge in [0.2, 0.25) is 9.84 Å². The molecule has 10 aromatic rings. The first kappa shape index (κ1) is 76.9. The van der Waals surface area contributed by atoms with Gasteiger partial charge in [-0.05, 0) is 233 Å². The van der Waals surface area contributed by atoms with Crippen LogP contribution in [-0.4, -0.2) is 60.7 Å². The first-order valence-corrected chi connectivity index (χ1v) is 36.9. The number of fused-ring (bicyclic) bond motifs is 3. The summed E-state index contributed by atoms with van der Waals surface area (Å²) < 4.78 is 66.8. The van der Waals surface area contributed by atoms with Gasteiger partial charge in [0, 0.05) is 38.5 Å². The average Bonchev–Trinajstić information content (AvgIpc) is 1.55. The van der Waals surface area contributed by atoms with Gasteiger partial charge >= 0.3 is 23.9 Å². The van der Waals surface area contributed by atoms with Gasteiger partial charge in [0.15, 0.2) is 0 Å². The number of esters is 4. The minimum Gasteiger partial charge on any atom is -0.497 e. The van der Waals surface area contributed by atoms with E-state index in [9.17, 15) is 27.6 Å². The highest BCUT2D eigenvalue weighted by atomic mass is 32.2. The van der Waals surface area contributed by atoms with Gasteiger partial charge in [-0.1, -0.05) is 161 Å². The molecule has 2 unspecified atom stereocenters. The third-order valence-electron chi connectivity index (χ3n) is 20.1. The molecule has 14 nitrogen and oxygen atoms in total. The number of methoxy groups -OCH3 is 4. The molecule has 544 valence electrons. The monoisotopic (exact) mass is 1430 g/mol. The molecule has 0 heterocycles. The standard InChI is InChI=1S/C30H26O3.C24H30O3.C21H24O3.C15H14O5S/c1-19-17-22(13-15-28(19)32-4)30(23-14-16-29(20(2)18-23)33-21(3)31)26-11-7-5-9-24(26)25-10-6-8-12-27(25)30;1-17-14-23(3,4)16-24(15-17,19-6-10-21(26-5)11-7-19)20-8-12-22(13-9-20)27-18(2)25;1-16(22)24-20-12-8-18(9-13-20)21(14-4-3-5-15-21)17-6-10-19(23-2)11-7-17;1-11(16)20-13-5-9-15(10-6-13)21(17,18)14-7-3-12(19-2)4-8-14/h5-18H,1-4H3;6-13,17H,14-16H2,1-5H3;6-13H,3-5,14-15H2,1-2H3;3-10H,1-2H3. The number of hydrogen-bond donors (Lipinski definition) is 0. The summed E-state index contributed by atoms with van der Waals surface area (Å²) in [5, 5.41) is 0. The zero-order valence-electron chi connectivity index (χ0n) is 62.3. The Labute approximate surface area is 618 Å². The fourth-order valence-electron chi connectivity index (χ4n) is 15.9.